The topological polar surface area (TPSA) is 59.0 Å². The Bertz CT molecular complexity index is 641. The van der Waals surface area contributed by atoms with Gasteiger partial charge in [0.05, 0.1) is 11.4 Å². The number of aromatic nitrogens is 2. The number of nitrogens with zero attached hydrogens (tertiary/aromatic N) is 2. The SMILES string of the molecule is Cc1cc(C)n(-c2ccc(C(=O)NCC3CNC3)cc2)n1. The monoisotopic (exact) mass is 284 g/mol. The van der Waals surface area contributed by atoms with E-state index in [9.17, 15) is 4.79 Å². The van der Waals surface area contributed by atoms with E-state index in [0.29, 0.717) is 11.5 Å². The predicted octanol–water partition coefficient (Wildman–Crippen LogP) is 1.44. The first-order valence-electron chi connectivity index (χ1n) is 7.26. The van der Waals surface area contributed by atoms with Crippen molar-refractivity contribution in [1.82, 2.24) is 20.4 Å². The molecule has 0 saturated carbocycles. The Morgan fingerprint density at radius 1 is 1.33 bits per heavy atom. The van der Waals surface area contributed by atoms with Crippen LogP contribution in [-0.2, 0) is 0 Å². The Labute approximate surface area is 124 Å². The van der Waals surface area contributed by atoms with Gasteiger partial charge in [-0.3, -0.25) is 4.79 Å². The Morgan fingerprint density at radius 2 is 2.05 bits per heavy atom. The van der Waals surface area contributed by atoms with Gasteiger partial charge in [0.1, 0.15) is 0 Å². The van der Waals surface area contributed by atoms with E-state index in [-0.39, 0.29) is 5.91 Å². The van der Waals surface area contributed by atoms with Crippen molar-refractivity contribution in [3.8, 4) is 5.69 Å². The molecule has 0 spiro atoms. The van der Waals surface area contributed by atoms with Gasteiger partial charge in [-0.2, -0.15) is 5.10 Å². The lowest BCUT2D eigenvalue weighted by atomic mass is 10.0. The van der Waals surface area contributed by atoms with Crippen LogP contribution in [0.15, 0.2) is 30.3 Å². The van der Waals surface area contributed by atoms with Crippen LogP contribution in [0.1, 0.15) is 21.7 Å². The van der Waals surface area contributed by atoms with Crippen molar-refractivity contribution < 1.29 is 4.79 Å². The summed E-state index contributed by atoms with van der Waals surface area (Å²) >= 11 is 0. The van der Waals surface area contributed by atoms with E-state index in [4.69, 9.17) is 0 Å². The van der Waals surface area contributed by atoms with Crippen molar-refractivity contribution >= 4 is 5.91 Å². The fourth-order valence-corrected chi connectivity index (χ4v) is 2.48. The summed E-state index contributed by atoms with van der Waals surface area (Å²) in [6.45, 7) is 6.73. The van der Waals surface area contributed by atoms with Crippen LogP contribution in [0.25, 0.3) is 5.69 Å². The average Bonchev–Trinajstić information content (AvgIpc) is 2.76. The van der Waals surface area contributed by atoms with Gasteiger partial charge in [-0.05, 0) is 44.2 Å². The summed E-state index contributed by atoms with van der Waals surface area (Å²) in [7, 11) is 0. The molecule has 1 saturated heterocycles. The van der Waals surface area contributed by atoms with Crippen molar-refractivity contribution in [1.29, 1.82) is 0 Å². The molecule has 1 aromatic carbocycles. The quantitative estimate of drug-likeness (QED) is 0.893. The molecule has 0 radical (unpaired) electrons. The molecule has 1 aliphatic heterocycles. The number of carbonyl (C=O) groups excluding carboxylic acids is 1. The second-order valence-electron chi connectivity index (χ2n) is 5.62. The summed E-state index contributed by atoms with van der Waals surface area (Å²) < 4.78 is 1.89. The van der Waals surface area contributed by atoms with Crippen LogP contribution in [0.3, 0.4) is 0 Å². The number of benzene rings is 1. The minimum Gasteiger partial charge on any atom is -0.352 e. The van der Waals surface area contributed by atoms with Crippen LogP contribution < -0.4 is 10.6 Å². The average molecular weight is 284 g/mol. The van der Waals surface area contributed by atoms with Crippen molar-refractivity contribution in [2.45, 2.75) is 13.8 Å². The van der Waals surface area contributed by atoms with Crippen molar-refractivity contribution in [2.24, 2.45) is 5.92 Å². The van der Waals surface area contributed by atoms with Gasteiger partial charge in [0.25, 0.3) is 5.91 Å². The highest BCUT2D eigenvalue weighted by atomic mass is 16.1. The number of rotatable bonds is 4. The van der Waals surface area contributed by atoms with Crippen LogP contribution >= 0.6 is 0 Å². The summed E-state index contributed by atoms with van der Waals surface area (Å²) in [5, 5.41) is 10.6. The Balaban J connectivity index is 1.68. The summed E-state index contributed by atoms with van der Waals surface area (Å²) in [4.78, 5) is 12.1. The van der Waals surface area contributed by atoms with Crippen LogP contribution in [0, 0.1) is 19.8 Å². The van der Waals surface area contributed by atoms with Crippen LogP contribution in [0.2, 0.25) is 0 Å². The molecule has 5 nitrogen and oxygen atoms in total. The third-order valence-corrected chi connectivity index (χ3v) is 3.80. The van der Waals surface area contributed by atoms with E-state index >= 15 is 0 Å². The van der Waals surface area contributed by atoms with Crippen molar-refractivity contribution in [3.05, 3.63) is 47.3 Å². The first-order chi connectivity index (χ1) is 10.1. The number of carbonyl (C=O) groups is 1. The summed E-state index contributed by atoms with van der Waals surface area (Å²) in [6.07, 6.45) is 0. The molecular weight excluding hydrogens is 264 g/mol. The Kier molecular flexibility index (Phi) is 3.75. The maximum atomic E-state index is 12.1. The molecular formula is C16H20N4O. The minimum atomic E-state index is -0.0122. The molecule has 2 heterocycles. The summed E-state index contributed by atoms with van der Waals surface area (Å²) in [5.74, 6) is 0.560. The molecule has 21 heavy (non-hydrogen) atoms. The molecule has 0 bridgehead atoms. The van der Waals surface area contributed by atoms with Crippen molar-refractivity contribution in [2.75, 3.05) is 19.6 Å². The highest BCUT2D eigenvalue weighted by molar-refractivity contribution is 5.94. The molecule has 1 aromatic heterocycles. The first-order valence-corrected chi connectivity index (χ1v) is 7.26. The third kappa shape index (κ3) is 2.97. The van der Waals surface area contributed by atoms with Crippen LogP contribution in [0.5, 0.6) is 0 Å². The number of hydrogen-bond donors (Lipinski definition) is 2. The molecule has 0 unspecified atom stereocenters. The minimum absolute atomic E-state index is 0.0122. The molecule has 1 amide bonds. The van der Waals surface area contributed by atoms with E-state index < -0.39 is 0 Å². The van der Waals surface area contributed by atoms with E-state index in [1.807, 2.05) is 48.9 Å². The summed E-state index contributed by atoms with van der Waals surface area (Å²) in [6, 6.07) is 9.59. The lowest BCUT2D eigenvalue weighted by molar-refractivity contribution is 0.0942. The molecule has 3 rings (SSSR count). The zero-order valence-corrected chi connectivity index (χ0v) is 12.4. The number of nitrogens with one attached hydrogen (secondary N) is 2. The lowest BCUT2D eigenvalue weighted by Gasteiger charge is -2.27. The summed E-state index contributed by atoms with van der Waals surface area (Å²) in [5.41, 5.74) is 3.73. The largest absolute Gasteiger partial charge is 0.352 e. The molecule has 5 heteroatoms. The van der Waals surface area contributed by atoms with Crippen LogP contribution in [-0.4, -0.2) is 35.3 Å². The molecule has 0 aliphatic carbocycles. The molecule has 110 valence electrons. The Hall–Kier alpha value is -2.14. The van der Waals surface area contributed by atoms with Gasteiger partial charge >= 0.3 is 0 Å². The van der Waals surface area contributed by atoms with Gasteiger partial charge in [-0.1, -0.05) is 0 Å². The maximum absolute atomic E-state index is 12.1. The standard InChI is InChI=1S/C16H20N4O/c1-11-7-12(2)20(19-11)15-5-3-14(4-6-15)16(21)18-10-13-8-17-9-13/h3-7,13,17H,8-10H2,1-2H3,(H,18,21). The zero-order valence-electron chi connectivity index (χ0n) is 12.4. The normalized spacial score (nSPS) is 14.8. The smallest absolute Gasteiger partial charge is 0.251 e. The van der Waals surface area contributed by atoms with Gasteiger partial charge in [0.15, 0.2) is 0 Å². The molecule has 2 N–H and O–H groups in total. The highest BCUT2D eigenvalue weighted by Crippen LogP contribution is 2.13. The molecule has 2 aromatic rings. The first kappa shape index (κ1) is 13.8. The van der Waals surface area contributed by atoms with Gasteiger partial charge in [0.2, 0.25) is 0 Å². The second-order valence-corrected chi connectivity index (χ2v) is 5.62. The molecule has 1 aliphatic rings. The third-order valence-electron chi connectivity index (χ3n) is 3.80. The second kappa shape index (κ2) is 5.69. The van der Waals surface area contributed by atoms with Gasteiger partial charge < -0.3 is 10.6 Å². The number of aryl methyl sites for hydroxylation is 2. The molecule has 1 fully saturated rings. The number of amides is 1. The number of hydrogen-bond acceptors (Lipinski definition) is 3. The van der Waals surface area contributed by atoms with Gasteiger partial charge in [0, 0.05) is 36.8 Å². The maximum Gasteiger partial charge on any atom is 0.251 e. The fraction of sp³-hybridized carbons (Fsp3) is 0.375. The van der Waals surface area contributed by atoms with E-state index in [0.717, 1.165) is 36.7 Å². The lowest BCUT2D eigenvalue weighted by Crippen LogP contribution is -2.48. The predicted molar refractivity (Wildman–Crippen MR) is 81.7 cm³/mol. The highest BCUT2D eigenvalue weighted by Gasteiger charge is 2.17. The van der Waals surface area contributed by atoms with Crippen LogP contribution in [0.4, 0.5) is 0 Å². The zero-order chi connectivity index (χ0) is 14.8. The van der Waals surface area contributed by atoms with E-state index in [2.05, 4.69) is 15.7 Å². The van der Waals surface area contributed by atoms with E-state index in [1.54, 1.807) is 0 Å². The van der Waals surface area contributed by atoms with Gasteiger partial charge in [-0.25, -0.2) is 4.68 Å². The molecule has 0 atom stereocenters. The van der Waals surface area contributed by atoms with Gasteiger partial charge in [-0.15, -0.1) is 0 Å². The van der Waals surface area contributed by atoms with E-state index in [1.165, 1.54) is 0 Å². The fourth-order valence-electron chi connectivity index (χ4n) is 2.48. The van der Waals surface area contributed by atoms with Crippen molar-refractivity contribution in [3.63, 3.8) is 0 Å². The Morgan fingerprint density at radius 3 is 2.57 bits per heavy atom.